The maximum Gasteiger partial charge on any atom is 0.417 e. The Morgan fingerprint density at radius 2 is 1.86 bits per heavy atom. The number of nitrogens with zero attached hydrogens (tertiary/aromatic N) is 2. The predicted molar refractivity (Wildman–Crippen MR) is 70.0 cm³/mol. The first-order valence-corrected chi connectivity index (χ1v) is 6.74. The Bertz CT molecular complexity index is 504. The van der Waals surface area contributed by atoms with Gasteiger partial charge in [0.15, 0.2) is 0 Å². The summed E-state index contributed by atoms with van der Waals surface area (Å²) in [5.74, 6) is -0.0205. The summed E-state index contributed by atoms with van der Waals surface area (Å²) in [5.41, 5.74) is -0.179. The van der Waals surface area contributed by atoms with Crippen molar-refractivity contribution in [3.8, 4) is 0 Å². The van der Waals surface area contributed by atoms with Gasteiger partial charge in [0.2, 0.25) is 0 Å². The predicted octanol–water partition coefficient (Wildman–Crippen LogP) is 3.73. The van der Waals surface area contributed by atoms with Crippen molar-refractivity contribution in [1.29, 1.82) is 0 Å². The summed E-state index contributed by atoms with van der Waals surface area (Å²) >= 11 is 0. The van der Waals surface area contributed by atoms with Crippen molar-refractivity contribution in [3.05, 3.63) is 29.6 Å². The Hall–Kier alpha value is -1.79. The number of alkyl halides is 3. The third-order valence-corrected chi connectivity index (χ3v) is 3.95. The van der Waals surface area contributed by atoms with E-state index in [0.717, 1.165) is 12.3 Å². The molecule has 1 fully saturated rings. The number of rotatable bonds is 1. The maximum absolute atomic E-state index is 12.5. The minimum absolute atomic E-state index is 0.0205. The molecule has 1 aliphatic heterocycles. The molecule has 2 heterocycles. The summed E-state index contributed by atoms with van der Waals surface area (Å²) in [6, 6.07) is 2.06. The highest BCUT2D eigenvalue weighted by molar-refractivity contribution is 5.66. The number of likely N-dealkylation sites (tertiary alicyclic amines) is 1. The van der Waals surface area contributed by atoms with Gasteiger partial charge in [-0.2, -0.15) is 13.2 Å². The van der Waals surface area contributed by atoms with Crippen LogP contribution in [0, 0.1) is 0 Å². The van der Waals surface area contributed by atoms with Gasteiger partial charge in [0.25, 0.3) is 0 Å². The van der Waals surface area contributed by atoms with Crippen molar-refractivity contribution in [1.82, 2.24) is 9.88 Å². The van der Waals surface area contributed by atoms with Crippen LogP contribution in [0.3, 0.4) is 0 Å². The van der Waals surface area contributed by atoms with Crippen LogP contribution in [0.25, 0.3) is 0 Å². The van der Waals surface area contributed by atoms with Gasteiger partial charge >= 0.3 is 12.3 Å². The van der Waals surface area contributed by atoms with Gasteiger partial charge in [0.05, 0.1) is 5.56 Å². The van der Waals surface area contributed by atoms with E-state index in [0.29, 0.717) is 18.5 Å². The summed E-state index contributed by atoms with van der Waals surface area (Å²) in [5, 5.41) is 9.15. The lowest BCUT2D eigenvalue weighted by Gasteiger charge is -2.40. The Balaban J connectivity index is 2.15. The molecule has 1 saturated heterocycles. The number of carboxylic acid groups (broad SMARTS) is 1. The van der Waals surface area contributed by atoms with E-state index in [2.05, 4.69) is 4.98 Å². The molecule has 1 aromatic heterocycles. The molecule has 3 atom stereocenters. The molecule has 1 unspecified atom stereocenters. The molecule has 1 N–H and O–H groups in total. The Kier molecular flexibility index (Phi) is 4.11. The van der Waals surface area contributed by atoms with E-state index in [1.165, 1.54) is 11.0 Å². The Labute approximate surface area is 120 Å². The van der Waals surface area contributed by atoms with Crippen LogP contribution >= 0.6 is 0 Å². The lowest BCUT2D eigenvalue weighted by atomic mass is 9.85. The highest BCUT2D eigenvalue weighted by Gasteiger charge is 2.36. The first kappa shape index (κ1) is 15.6. The van der Waals surface area contributed by atoms with Gasteiger partial charge in [-0.3, -0.25) is 4.98 Å². The van der Waals surface area contributed by atoms with Crippen molar-refractivity contribution < 1.29 is 23.1 Å². The van der Waals surface area contributed by atoms with Crippen LogP contribution in [-0.4, -0.2) is 33.2 Å². The molecule has 21 heavy (non-hydrogen) atoms. The molecule has 1 aliphatic rings. The van der Waals surface area contributed by atoms with Crippen molar-refractivity contribution in [2.24, 2.45) is 0 Å². The van der Waals surface area contributed by atoms with Crippen LogP contribution < -0.4 is 0 Å². The van der Waals surface area contributed by atoms with E-state index in [4.69, 9.17) is 5.11 Å². The average molecular weight is 302 g/mol. The van der Waals surface area contributed by atoms with Gasteiger partial charge in [-0.25, -0.2) is 4.79 Å². The minimum atomic E-state index is -4.39. The van der Waals surface area contributed by atoms with E-state index >= 15 is 0 Å². The third kappa shape index (κ3) is 3.28. The van der Waals surface area contributed by atoms with Crippen LogP contribution in [0.2, 0.25) is 0 Å². The zero-order valence-electron chi connectivity index (χ0n) is 11.8. The molecular formula is C14H17F3N2O2. The monoisotopic (exact) mass is 302 g/mol. The first-order chi connectivity index (χ1) is 9.70. The third-order valence-electron chi connectivity index (χ3n) is 3.95. The quantitative estimate of drug-likeness (QED) is 0.860. The van der Waals surface area contributed by atoms with Crippen LogP contribution in [0.1, 0.15) is 43.9 Å². The van der Waals surface area contributed by atoms with E-state index in [9.17, 15) is 18.0 Å². The van der Waals surface area contributed by atoms with Gasteiger partial charge < -0.3 is 10.0 Å². The minimum Gasteiger partial charge on any atom is -0.465 e. The van der Waals surface area contributed by atoms with Crippen molar-refractivity contribution in [2.75, 3.05) is 0 Å². The van der Waals surface area contributed by atoms with Crippen molar-refractivity contribution in [3.63, 3.8) is 0 Å². The highest BCUT2D eigenvalue weighted by Crippen LogP contribution is 2.35. The van der Waals surface area contributed by atoms with Crippen LogP contribution in [0.4, 0.5) is 18.0 Å². The number of piperidine rings is 1. The zero-order valence-corrected chi connectivity index (χ0v) is 11.8. The van der Waals surface area contributed by atoms with Gasteiger partial charge in [0, 0.05) is 29.9 Å². The number of pyridine rings is 1. The van der Waals surface area contributed by atoms with Crippen molar-refractivity contribution >= 4 is 6.09 Å². The average Bonchev–Trinajstić information content (AvgIpc) is 2.36. The largest absolute Gasteiger partial charge is 0.465 e. The number of hydrogen-bond acceptors (Lipinski definition) is 2. The SMILES string of the molecule is C[C@@H]1CC(c2ccc(C(F)(F)F)cn2)C[C@H](C)N1C(=O)O. The molecule has 0 saturated carbocycles. The summed E-state index contributed by atoms with van der Waals surface area (Å²) in [6.07, 6.45) is -3.38. The van der Waals surface area contributed by atoms with Gasteiger partial charge in [-0.1, -0.05) is 0 Å². The lowest BCUT2D eigenvalue weighted by Crippen LogP contribution is -2.48. The smallest absolute Gasteiger partial charge is 0.417 e. The molecule has 0 bridgehead atoms. The standard InChI is InChI=1S/C14H17F3N2O2/c1-8-5-10(6-9(2)19(8)13(20)21)12-4-3-11(7-18-12)14(15,16)17/h3-4,7-10H,5-6H2,1-2H3,(H,20,21)/t8-,9+,10?. The normalized spacial score (nSPS) is 26.7. The Morgan fingerprint density at radius 1 is 1.29 bits per heavy atom. The van der Waals surface area contributed by atoms with Crippen LogP contribution in [-0.2, 0) is 6.18 Å². The maximum atomic E-state index is 12.5. The fourth-order valence-electron chi connectivity index (χ4n) is 3.01. The molecule has 1 amide bonds. The Morgan fingerprint density at radius 3 is 2.24 bits per heavy atom. The van der Waals surface area contributed by atoms with Gasteiger partial charge in [0.1, 0.15) is 0 Å². The number of aromatic nitrogens is 1. The fraction of sp³-hybridized carbons (Fsp3) is 0.571. The van der Waals surface area contributed by atoms with E-state index < -0.39 is 17.8 Å². The molecular weight excluding hydrogens is 285 g/mol. The fourth-order valence-corrected chi connectivity index (χ4v) is 3.01. The molecule has 0 aromatic carbocycles. The molecule has 116 valence electrons. The van der Waals surface area contributed by atoms with E-state index in [1.54, 1.807) is 13.8 Å². The zero-order chi connectivity index (χ0) is 15.8. The molecule has 1 aromatic rings. The van der Waals surface area contributed by atoms with E-state index in [1.807, 2.05) is 0 Å². The topological polar surface area (TPSA) is 53.4 Å². The number of carbonyl (C=O) groups is 1. The summed E-state index contributed by atoms with van der Waals surface area (Å²) in [4.78, 5) is 16.5. The number of amides is 1. The summed E-state index contributed by atoms with van der Waals surface area (Å²) < 4.78 is 37.5. The molecule has 0 radical (unpaired) electrons. The highest BCUT2D eigenvalue weighted by atomic mass is 19.4. The van der Waals surface area contributed by atoms with Gasteiger partial charge in [-0.05, 0) is 38.8 Å². The van der Waals surface area contributed by atoms with Crippen LogP contribution in [0.15, 0.2) is 18.3 Å². The molecule has 4 nitrogen and oxygen atoms in total. The second kappa shape index (κ2) is 5.54. The lowest BCUT2D eigenvalue weighted by molar-refractivity contribution is -0.137. The molecule has 0 spiro atoms. The summed E-state index contributed by atoms with van der Waals surface area (Å²) in [6.45, 7) is 3.61. The first-order valence-electron chi connectivity index (χ1n) is 6.74. The van der Waals surface area contributed by atoms with E-state index in [-0.39, 0.29) is 18.0 Å². The van der Waals surface area contributed by atoms with Crippen LogP contribution in [0.5, 0.6) is 0 Å². The molecule has 2 rings (SSSR count). The molecule has 0 aliphatic carbocycles. The summed E-state index contributed by atoms with van der Waals surface area (Å²) in [7, 11) is 0. The number of halogens is 3. The number of hydrogen-bond donors (Lipinski definition) is 1. The second-order valence-corrected chi connectivity index (χ2v) is 5.53. The molecule has 7 heteroatoms. The second-order valence-electron chi connectivity index (χ2n) is 5.53. The van der Waals surface area contributed by atoms with Crippen molar-refractivity contribution in [2.45, 2.75) is 50.9 Å². The van der Waals surface area contributed by atoms with Gasteiger partial charge in [-0.15, -0.1) is 0 Å².